The van der Waals surface area contributed by atoms with Crippen molar-refractivity contribution in [2.75, 3.05) is 13.3 Å². The molecule has 7 heteroatoms. The molecule has 136 valence electrons. The van der Waals surface area contributed by atoms with Crippen LogP contribution in [0.3, 0.4) is 0 Å². The molecule has 3 rings (SSSR count). The van der Waals surface area contributed by atoms with Gasteiger partial charge < -0.3 is 20.1 Å². The molecule has 0 bridgehead atoms. The largest absolute Gasteiger partial charge is 0.454 e. The van der Waals surface area contributed by atoms with Crippen LogP contribution >= 0.6 is 15.9 Å². The van der Waals surface area contributed by atoms with Gasteiger partial charge in [-0.15, -0.1) is 0 Å². The van der Waals surface area contributed by atoms with Crippen LogP contribution < -0.4 is 20.1 Å². The highest BCUT2D eigenvalue weighted by Gasteiger charge is 2.17. The average molecular weight is 419 g/mol. The third kappa shape index (κ3) is 4.76. The van der Waals surface area contributed by atoms with E-state index in [9.17, 15) is 9.59 Å². The van der Waals surface area contributed by atoms with E-state index in [4.69, 9.17) is 9.47 Å². The summed E-state index contributed by atoms with van der Waals surface area (Å²) in [5.74, 6) is 0.578. The zero-order valence-corrected chi connectivity index (χ0v) is 15.8. The van der Waals surface area contributed by atoms with Crippen LogP contribution in [0.25, 0.3) is 0 Å². The van der Waals surface area contributed by atoms with Crippen LogP contribution in [-0.2, 0) is 11.2 Å². The van der Waals surface area contributed by atoms with Crippen molar-refractivity contribution in [1.29, 1.82) is 0 Å². The van der Waals surface area contributed by atoms with Crippen molar-refractivity contribution in [2.45, 2.75) is 19.4 Å². The molecule has 2 amide bonds. The Kier molecular flexibility index (Phi) is 5.78. The third-order valence-electron chi connectivity index (χ3n) is 3.91. The highest BCUT2D eigenvalue weighted by atomic mass is 79.9. The van der Waals surface area contributed by atoms with Crippen LogP contribution in [0.2, 0.25) is 0 Å². The van der Waals surface area contributed by atoms with E-state index in [1.165, 1.54) is 0 Å². The second-order valence-corrected chi connectivity index (χ2v) is 6.97. The van der Waals surface area contributed by atoms with E-state index in [2.05, 4.69) is 26.6 Å². The predicted molar refractivity (Wildman–Crippen MR) is 100 cm³/mol. The molecule has 0 spiro atoms. The molecule has 2 aromatic rings. The molecule has 0 radical (unpaired) electrons. The molecule has 0 saturated carbocycles. The highest BCUT2D eigenvalue weighted by molar-refractivity contribution is 9.10. The lowest BCUT2D eigenvalue weighted by Gasteiger charge is -2.14. The van der Waals surface area contributed by atoms with E-state index in [1.54, 1.807) is 18.2 Å². The molecule has 0 fully saturated rings. The molecule has 0 aromatic heterocycles. The summed E-state index contributed by atoms with van der Waals surface area (Å²) in [4.78, 5) is 24.2. The molecule has 0 saturated heterocycles. The SMILES string of the molecule is CC(Cc1ccc(Br)cc1)NC(=O)CNC(=O)c1ccc2c(c1)OCO2. The van der Waals surface area contributed by atoms with Gasteiger partial charge in [0.2, 0.25) is 12.7 Å². The Balaban J connectivity index is 1.46. The van der Waals surface area contributed by atoms with Gasteiger partial charge in [-0.1, -0.05) is 28.1 Å². The van der Waals surface area contributed by atoms with Gasteiger partial charge in [-0.05, 0) is 49.2 Å². The summed E-state index contributed by atoms with van der Waals surface area (Å²) in [6, 6.07) is 12.8. The minimum atomic E-state index is -0.334. The van der Waals surface area contributed by atoms with Gasteiger partial charge in [0.25, 0.3) is 5.91 Å². The van der Waals surface area contributed by atoms with Crippen molar-refractivity contribution in [2.24, 2.45) is 0 Å². The molecule has 2 N–H and O–H groups in total. The third-order valence-corrected chi connectivity index (χ3v) is 4.44. The molecule has 2 aromatic carbocycles. The predicted octanol–water partition coefficient (Wildman–Crippen LogP) is 2.66. The number of halogens is 1. The summed E-state index contributed by atoms with van der Waals surface area (Å²) >= 11 is 3.40. The monoisotopic (exact) mass is 418 g/mol. The molecule has 1 unspecified atom stereocenters. The van der Waals surface area contributed by atoms with Crippen LogP contribution in [0.15, 0.2) is 46.9 Å². The second-order valence-electron chi connectivity index (χ2n) is 6.05. The molecule has 1 heterocycles. The number of carbonyl (C=O) groups is 2. The number of nitrogens with one attached hydrogen (secondary N) is 2. The number of ether oxygens (including phenoxy) is 2. The van der Waals surface area contributed by atoms with Crippen molar-refractivity contribution in [3.63, 3.8) is 0 Å². The number of hydrogen-bond acceptors (Lipinski definition) is 4. The number of rotatable bonds is 6. The van der Waals surface area contributed by atoms with Crippen LogP contribution in [0.4, 0.5) is 0 Å². The number of benzene rings is 2. The Bertz CT molecular complexity index is 808. The van der Waals surface area contributed by atoms with E-state index >= 15 is 0 Å². The zero-order valence-electron chi connectivity index (χ0n) is 14.3. The minimum Gasteiger partial charge on any atom is -0.454 e. The Morgan fingerprint density at radius 3 is 2.62 bits per heavy atom. The first-order valence-corrected chi connectivity index (χ1v) is 9.02. The molecule has 0 aliphatic carbocycles. The van der Waals surface area contributed by atoms with Crippen LogP contribution in [-0.4, -0.2) is 31.2 Å². The average Bonchev–Trinajstić information content (AvgIpc) is 3.09. The van der Waals surface area contributed by atoms with Crippen molar-refractivity contribution in [3.05, 3.63) is 58.1 Å². The Morgan fingerprint density at radius 2 is 1.85 bits per heavy atom. The standard InChI is InChI=1S/C19H19BrN2O4/c1-12(8-13-2-5-15(20)6-3-13)22-18(23)10-21-19(24)14-4-7-16-17(9-14)26-11-25-16/h2-7,9,12H,8,10-11H2,1H3,(H,21,24)(H,22,23). The maximum atomic E-state index is 12.2. The van der Waals surface area contributed by atoms with Gasteiger partial charge in [0.1, 0.15) is 0 Å². The smallest absolute Gasteiger partial charge is 0.251 e. The molecule has 6 nitrogen and oxygen atoms in total. The molecule has 1 aliphatic rings. The molecular weight excluding hydrogens is 400 g/mol. The van der Waals surface area contributed by atoms with Crippen LogP contribution in [0.1, 0.15) is 22.8 Å². The van der Waals surface area contributed by atoms with E-state index < -0.39 is 0 Å². The maximum absolute atomic E-state index is 12.2. The van der Waals surface area contributed by atoms with Gasteiger partial charge in [0.15, 0.2) is 11.5 Å². The fourth-order valence-corrected chi connectivity index (χ4v) is 2.92. The van der Waals surface area contributed by atoms with Gasteiger partial charge >= 0.3 is 0 Å². The van der Waals surface area contributed by atoms with Crippen LogP contribution in [0, 0.1) is 0 Å². The first kappa shape index (κ1) is 18.3. The van der Waals surface area contributed by atoms with E-state index in [1.807, 2.05) is 31.2 Å². The fourth-order valence-electron chi connectivity index (χ4n) is 2.65. The van der Waals surface area contributed by atoms with E-state index in [0.717, 1.165) is 16.5 Å². The number of hydrogen-bond donors (Lipinski definition) is 2. The number of amides is 2. The maximum Gasteiger partial charge on any atom is 0.251 e. The quantitative estimate of drug-likeness (QED) is 0.755. The normalized spacial score (nSPS) is 13.2. The van der Waals surface area contributed by atoms with Crippen molar-refractivity contribution < 1.29 is 19.1 Å². The summed E-state index contributed by atoms with van der Waals surface area (Å²) in [6.07, 6.45) is 0.717. The Hall–Kier alpha value is -2.54. The lowest BCUT2D eigenvalue weighted by atomic mass is 10.1. The van der Waals surface area contributed by atoms with Crippen molar-refractivity contribution in [1.82, 2.24) is 10.6 Å². The lowest BCUT2D eigenvalue weighted by Crippen LogP contribution is -2.41. The Morgan fingerprint density at radius 1 is 1.12 bits per heavy atom. The summed E-state index contributed by atoms with van der Waals surface area (Å²) in [6.45, 7) is 2.00. The molecule has 26 heavy (non-hydrogen) atoms. The van der Waals surface area contributed by atoms with E-state index in [-0.39, 0.29) is 31.2 Å². The lowest BCUT2D eigenvalue weighted by molar-refractivity contribution is -0.120. The van der Waals surface area contributed by atoms with Gasteiger partial charge in [-0.3, -0.25) is 9.59 Å². The number of fused-ring (bicyclic) bond motifs is 1. The summed E-state index contributed by atoms with van der Waals surface area (Å²) in [7, 11) is 0. The van der Waals surface area contributed by atoms with Gasteiger partial charge in [0, 0.05) is 16.1 Å². The van der Waals surface area contributed by atoms with Gasteiger partial charge in [-0.25, -0.2) is 0 Å². The minimum absolute atomic E-state index is 0.0360. The first-order chi connectivity index (χ1) is 12.5. The first-order valence-electron chi connectivity index (χ1n) is 8.23. The highest BCUT2D eigenvalue weighted by Crippen LogP contribution is 2.32. The Labute approximate surface area is 160 Å². The molecule has 1 aliphatic heterocycles. The van der Waals surface area contributed by atoms with Gasteiger partial charge in [0.05, 0.1) is 6.54 Å². The van der Waals surface area contributed by atoms with Crippen molar-refractivity contribution in [3.8, 4) is 11.5 Å². The zero-order chi connectivity index (χ0) is 18.5. The number of carbonyl (C=O) groups excluding carboxylic acids is 2. The summed E-state index contributed by atoms with van der Waals surface area (Å²) < 4.78 is 11.5. The van der Waals surface area contributed by atoms with Crippen LogP contribution in [0.5, 0.6) is 11.5 Å². The molecular formula is C19H19BrN2O4. The fraction of sp³-hybridized carbons (Fsp3) is 0.263. The second kappa shape index (κ2) is 8.23. The molecule has 1 atom stereocenters. The topological polar surface area (TPSA) is 76.7 Å². The van der Waals surface area contributed by atoms with E-state index in [0.29, 0.717) is 17.1 Å². The summed E-state index contributed by atoms with van der Waals surface area (Å²) in [5.41, 5.74) is 1.55. The summed E-state index contributed by atoms with van der Waals surface area (Å²) in [5, 5.41) is 5.49. The van der Waals surface area contributed by atoms with Crippen molar-refractivity contribution >= 4 is 27.7 Å². The van der Waals surface area contributed by atoms with Gasteiger partial charge in [-0.2, -0.15) is 0 Å².